The minimum Gasteiger partial charge on any atom is -0.356 e. The van der Waals surface area contributed by atoms with Crippen LogP contribution in [0, 0.1) is 13.8 Å². The first-order chi connectivity index (χ1) is 12.2. The third-order valence-electron chi connectivity index (χ3n) is 3.89. The Bertz CT molecular complexity index is 865. The van der Waals surface area contributed by atoms with E-state index in [9.17, 15) is 0 Å². The number of rotatable bonds is 6. The molecule has 3 rings (SSSR count). The van der Waals surface area contributed by atoms with Gasteiger partial charge in [-0.2, -0.15) is 0 Å². The van der Waals surface area contributed by atoms with Crippen molar-refractivity contribution in [1.29, 1.82) is 0 Å². The van der Waals surface area contributed by atoms with E-state index in [0.29, 0.717) is 0 Å². The Morgan fingerprint density at radius 1 is 1.24 bits per heavy atom. The molecule has 0 spiro atoms. The summed E-state index contributed by atoms with van der Waals surface area (Å²) in [6.45, 7) is 5.63. The van der Waals surface area contributed by atoms with Gasteiger partial charge in [-0.1, -0.05) is 6.07 Å². The summed E-state index contributed by atoms with van der Waals surface area (Å²) < 4.78 is 2.03. The average molecular weight is 357 g/mol. The first-order valence-electron chi connectivity index (χ1n) is 8.33. The van der Waals surface area contributed by atoms with Crippen LogP contribution in [0.2, 0.25) is 0 Å². The summed E-state index contributed by atoms with van der Waals surface area (Å²) in [4.78, 5) is 9.96. The first kappa shape index (κ1) is 17.3. The quantitative estimate of drug-likeness (QED) is 0.401. The number of aromatic nitrogens is 4. The van der Waals surface area contributed by atoms with Gasteiger partial charge in [-0.3, -0.25) is 9.39 Å². The Kier molecular flexibility index (Phi) is 5.60. The van der Waals surface area contributed by atoms with Crippen LogP contribution in [0.1, 0.15) is 27.8 Å². The minimum absolute atomic E-state index is 0.742. The van der Waals surface area contributed by atoms with Crippen molar-refractivity contribution in [1.82, 2.24) is 30.2 Å². The van der Waals surface area contributed by atoms with Gasteiger partial charge in [-0.05, 0) is 32.4 Å². The van der Waals surface area contributed by atoms with Crippen LogP contribution in [0.25, 0.3) is 5.65 Å². The molecule has 0 bridgehead atoms. The van der Waals surface area contributed by atoms with Gasteiger partial charge in [-0.25, -0.2) is 4.98 Å². The lowest BCUT2D eigenvalue weighted by Gasteiger charge is -2.11. The van der Waals surface area contributed by atoms with Gasteiger partial charge in [0.15, 0.2) is 11.6 Å². The van der Waals surface area contributed by atoms with E-state index in [1.54, 1.807) is 18.4 Å². The zero-order valence-electron chi connectivity index (χ0n) is 14.8. The van der Waals surface area contributed by atoms with Gasteiger partial charge in [0, 0.05) is 31.1 Å². The van der Waals surface area contributed by atoms with Crippen LogP contribution >= 0.6 is 11.3 Å². The van der Waals surface area contributed by atoms with Gasteiger partial charge in [0.25, 0.3) is 0 Å². The largest absolute Gasteiger partial charge is 0.356 e. The fraction of sp³-hybridized carbons (Fsp3) is 0.412. The molecule has 8 heteroatoms. The second-order valence-electron chi connectivity index (χ2n) is 5.74. The lowest BCUT2D eigenvalue weighted by molar-refractivity contribution is 0.714. The lowest BCUT2D eigenvalue weighted by atomic mass is 10.3. The number of hydrogen-bond donors (Lipinski definition) is 2. The van der Waals surface area contributed by atoms with Crippen molar-refractivity contribution in [3.05, 3.63) is 45.8 Å². The van der Waals surface area contributed by atoms with E-state index in [0.717, 1.165) is 54.1 Å². The smallest absolute Gasteiger partial charge is 0.191 e. The van der Waals surface area contributed by atoms with E-state index < -0.39 is 0 Å². The number of fused-ring (bicyclic) bond motifs is 1. The number of aryl methyl sites for hydroxylation is 3. The topological polar surface area (TPSA) is 79.5 Å². The summed E-state index contributed by atoms with van der Waals surface area (Å²) in [5, 5.41) is 16.2. The third-order valence-corrected chi connectivity index (χ3v) is 4.97. The maximum atomic E-state index is 4.45. The summed E-state index contributed by atoms with van der Waals surface area (Å²) in [7, 11) is 1.78. The molecule has 3 aromatic heterocycles. The highest BCUT2D eigenvalue weighted by molar-refractivity contribution is 7.11. The Morgan fingerprint density at radius 3 is 2.88 bits per heavy atom. The van der Waals surface area contributed by atoms with Crippen LogP contribution in [0.15, 0.2) is 29.4 Å². The van der Waals surface area contributed by atoms with Gasteiger partial charge in [0.2, 0.25) is 0 Å². The maximum Gasteiger partial charge on any atom is 0.191 e. The molecule has 7 nitrogen and oxygen atoms in total. The highest BCUT2D eigenvalue weighted by Gasteiger charge is 2.07. The van der Waals surface area contributed by atoms with E-state index in [2.05, 4.69) is 30.8 Å². The maximum absolute atomic E-state index is 4.45. The van der Waals surface area contributed by atoms with Crippen molar-refractivity contribution in [2.45, 2.75) is 33.2 Å². The van der Waals surface area contributed by atoms with E-state index in [1.165, 1.54) is 4.88 Å². The summed E-state index contributed by atoms with van der Waals surface area (Å²) >= 11 is 1.72. The van der Waals surface area contributed by atoms with Crippen molar-refractivity contribution in [2.75, 3.05) is 13.6 Å². The van der Waals surface area contributed by atoms with Crippen LogP contribution in [-0.2, 0) is 13.0 Å². The number of guanidine groups is 1. The van der Waals surface area contributed by atoms with Gasteiger partial charge >= 0.3 is 0 Å². The Hall–Kier alpha value is -2.48. The third kappa shape index (κ3) is 4.33. The van der Waals surface area contributed by atoms with Crippen LogP contribution in [0.5, 0.6) is 0 Å². The van der Waals surface area contributed by atoms with Crippen molar-refractivity contribution in [3.8, 4) is 0 Å². The van der Waals surface area contributed by atoms with Gasteiger partial charge in [0.05, 0.1) is 17.2 Å². The Morgan fingerprint density at radius 2 is 2.12 bits per heavy atom. The fourth-order valence-corrected chi connectivity index (χ4v) is 3.51. The molecule has 0 aliphatic heterocycles. The molecular formula is C17H23N7S. The molecule has 0 radical (unpaired) electrons. The van der Waals surface area contributed by atoms with Crippen molar-refractivity contribution >= 4 is 22.9 Å². The van der Waals surface area contributed by atoms with Crippen molar-refractivity contribution in [2.24, 2.45) is 4.99 Å². The minimum atomic E-state index is 0.742. The zero-order chi connectivity index (χ0) is 17.6. The molecule has 3 heterocycles. The zero-order valence-corrected chi connectivity index (χ0v) is 15.6. The van der Waals surface area contributed by atoms with Crippen molar-refractivity contribution in [3.63, 3.8) is 0 Å². The second kappa shape index (κ2) is 8.06. The number of pyridine rings is 1. The highest BCUT2D eigenvalue weighted by atomic mass is 32.1. The number of thiazole rings is 1. The predicted octanol–water partition coefficient (Wildman–Crippen LogP) is 2.10. The number of hydrogen-bond acceptors (Lipinski definition) is 5. The first-order valence-corrected chi connectivity index (χ1v) is 9.15. The van der Waals surface area contributed by atoms with E-state index in [-0.39, 0.29) is 0 Å². The SMILES string of the molecule is CN=C(NCCCc1nnc2ccccn12)NCc1sc(C)nc1C. The second-order valence-corrected chi connectivity index (χ2v) is 7.03. The fourth-order valence-electron chi connectivity index (χ4n) is 2.64. The van der Waals surface area contributed by atoms with Crippen LogP contribution in [0.3, 0.4) is 0 Å². The molecule has 0 aliphatic rings. The summed E-state index contributed by atoms with van der Waals surface area (Å²) in [5.74, 6) is 1.78. The molecule has 0 unspecified atom stereocenters. The predicted molar refractivity (Wildman–Crippen MR) is 101 cm³/mol. The molecule has 0 fully saturated rings. The lowest BCUT2D eigenvalue weighted by Crippen LogP contribution is -2.37. The molecule has 132 valence electrons. The molecule has 0 saturated heterocycles. The summed E-state index contributed by atoms with van der Waals surface area (Å²) in [5.41, 5.74) is 1.97. The van der Waals surface area contributed by atoms with Crippen LogP contribution in [0.4, 0.5) is 0 Å². The van der Waals surface area contributed by atoms with Gasteiger partial charge in [-0.15, -0.1) is 21.5 Å². The molecule has 0 amide bonds. The van der Waals surface area contributed by atoms with Crippen molar-refractivity contribution < 1.29 is 0 Å². The Balaban J connectivity index is 1.45. The number of aliphatic imine (C=N–C) groups is 1. The molecule has 25 heavy (non-hydrogen) atoms. The molecule has 2 N–H and O–H groups in total. The normalized spacial score (nSPS) is 11.9. The van der Waals surface area contributed by atoms with Crippen LogP contribution < -0.4 is 10.6 Å². The standard InChI is InChI=1S/C17H23N7S/c1-12-14(25-13(2)21-12)11-20-17(18-3)19-9-6-8-16-23-22-15-7-4-5-10-24(15)16/h4-5,7,10H,6,8-9,11H2,1-3H3,(H2,18,19,20). The highest BCUT2D eigenvalue weighted by Crippen LogP contribution is 2.16. The molecule has 0 atom stereocenters. The molecule has 0 saturated carbocycles. The van der Waals surface area contributed by atoms with Gasteiger partial charge < -0.3 is 10.6 Å². The monoisotopic (exact) mass is 357 g/mol. The Labute approximate surface area is 151 Å². The molecular weight excluding hydrogens is 334 g/mol. The number of nitrogens with one attached hydrogen (secondary N) is 2. The average Bonchev–Trinajstić information content (AvgIpc) is 3.17. The molecule has 3 aromatic rings. The van der Waals surface area contributed by atoms with E-state index in [4.69, 9.17) is 0 Å². The molecule has 0 aliphatic carbocycles. The van der Waals surface area contributed by atoms with E-state index in [1.807, 2.05) is 42.6 Å². The summed E-state index contributed by atoms with van der Waals surface area (Å²) in [6, 6.07) is 5.92. The van der Waals surface area contributed by atoms with Gasteiger partial charge in [0.1, 0.15) is 5.82 Å². The van der Waals surface area contributed by atoms with Crippen LogP contribution in [-0.4, -0.2) is 39.1 Å². The number of nitrogens with zero attached hydrogens (tertiary/aromatic N) is 5. The summed E-state index contributed by atoms with van der Waals surface area (Å²) in [6.07, 6.45) is 3.81. The molecule has 0 aromatic carbocycles. The van der Waals surface area contributed by atoms with E-state index >= 15 is 0 Å².